The number of nitrogens with zero attached hydrogens (tertiary/aromatic N) is 2. The minimum absolute atomic E-state index is 0.807. The van der Waals surface area contributed by atoms with E-state index >= 15 is 0 Å². The fourth-order valence-corrected chi connectivity index (χ4v) is 14.8. The maximum Gasteiger partial charge on any atom is 0.0105 e. The maximum atomic E-state index is 4.38. The van der Waals surface area contributed by atoms with Gasteiger partial charge in [-0.05, 0) is 234 Å². The summed E-state index contributed by atoms with van der Waals surface area (Å²) in [5.74, 6) is 7.42. The zero-order chi connectivity index (χ0) is 37.0. The Morgan fingerprint density at radius 2 is 0.611 bits per heavy atom. The van der Waals surface area contributed by atoms with Gasteiger partial charge in [0.15, 0.2) is 0 Å². The summed E-state index contributed by atoms with van der Waals surface area (Å²) >= 11 is 0. The lowest BCUT2D eigenvalue weighted by Crippen LogP contribution is -2.58. The number of fused-ring (bicyclic) bond motifs is 1. The van der Waals surface area contributed by atoms with Crippen molar-refractivity contribution in [2.45, 2.75) is 262 Å². The van der Waals surface area contributed by atoms with Gasteiger partial charge in [-0.3, -0.25) is 9.80 Å². The van der Waals surface area contributed by atoms with E-state index in [0.29, 0.717) is 0 Å². The van der Waals surface area contributed by atoms with E-state index < -0.39 is 0 Å². The summed E-state index contributed by atoms with van der Waals surface area (Å²) in [7, 11) is 0. The summed E-state index contributed by atoms with van der Waals surface area (Å²) in [6.07, 6.45) is 48.2. The van der Waals surface area contributed by atoms with Crippen molar-refractivity contribution < 1.29 is 0 Å². The summed E-state index contributed by atoms with van der Waals surface area (Å²) < 4.78 is 0. The minimum atomic E-state index is 0.807. The minimum Gasteiger partial charge on any atom is -0.311 e. The molecule has 0 spiro atoms. The Balaban J connectivity index is 0.777. The topological polar surface area (TPSA) is 18.5 Å². The molecular formula is C51H89N3. The Hall–Kier alpha value is -0.380. The Morgan fingerprint density at radius 3 is 1.04 bits per heavy atom. The van der Waals surface area contributed by atoms with Crippen LogP contribution in [-0.2, 0) is 0 Å². The first kappa shape index (κ1) is 40.4. The molecule has 7 aliphatic carbocycles. The van der Waals surface area contributed by atoms with Gasteiger partial charge in [-0.15, -0.1) is 0 Å². The van der Waals surface area contributed by atoms with E-state index in [0.717, 1.165) is 95.7 Å². The van der Waals surface area contributed by atoms with Gasteiger partial charge >= 0.3 is 0 Å². The first-order chi connectivity index (χ1) is 26.4. The second-order valence-electron chi connectivity index (χ2n) is 22.4. The van der Waals surface area contributed by atoms with Crippen molar-refractivity contribution in [2.75, 3.05) is 0 Å². The summed E-state index contributed by atoms with van der Waals surface area (Å²) in [6, 6.07) is 6.93. The molecule has 1 saturated heterocycles. The zero-order valence-electron chi connectivity index (χ0n) is 36.3. The monoisotopic (exact) mass is 744 g/mol. The molecule has 308 valence electrons. The molecule has 0 bridgehead atoms. The Morgan fingerprint density at radius 1 is 0.315 bits per heavy atom. The van der Waals surface area contributed by atoms with Crippen LogP contribution in [0.25, 0.3) is 0 Å². The average Bonchev–Trinajstić information content (AvgIpc) is 3.20. The molecule has 1 heterocycles. The zero-order valence-corrected chi connectivity index (χ0v) is 36.3. The highest BCUT2D eigenvalue weighted by Gasteiger charge is 2.43. The highest BCUT2D eigenvalue weighted by molar-refractivity contribution is 5.02. The van der Waals surface area contributed by atoms with E-state index in [1.807, 2.05) is 0 Å². The third-order valence-electron chi connectivity index (χ3n) is 18.5. The van der Waals surface area contributed by atoms with Crippen LogP contribution in [0.15, 0.2) is 12.2 Å². The molecule has 3 nitrogen and oxygen atoms in total. The first-order valence-electron chi connectivity index (χ1n) is 25.4. The van der Waals surface area contributed by atoms with Crippen LogP contribution in [0.1, 0.15) is 214 Å². The van der Waals surface area contributed by atoms with Gasteiger partial charge in [-0.25, -0.2) is 0 Å². The molecule has 0 amide bonds. The Bertz CT molecular complexity index is 1070. The molecule has 54 heavy (non-hydrogen) atoms. The molecule has 7 saturated carbocycles. The Kier molecular flexibility index (Phi) is 14.3. The molecular weight excluding hydrogens is 655 g/mol. The van der Waals surface area contributed by atoms with Crippen molar-refractivity contribution in [1.29, 1.82) is 0 Å². The molecule has 0 radical (unpaired) electrons. The van der Waals surface area contributed by atoms with E-state index in [1.165, 1.54) is 186 Å². The molecule has 1 aliphatic heterocycles. The van der Waals surface area contributed by atoms with E-state index in [-0.39, 0.29) is 0 Å². The van der Waals surface area contributed by atoms with Crippen LogP contribution < -0.4 is 5.32 Å². The van der Waals surface area contributed by atoms with Crippen LogP contribution in [0.3, 0.4) is 0 Å². The van der Waals surface area contributed by atoms with Crippen molar-refractivity contribution in [3.63, 3.8) is 0 Å². The van der Waals surface area contributed by atoms with Crippen LogP contribution in [0, 0.1) is 47.3 Å². The molecule has 0 aromatic carbocycles. The molecule has 4 unspecified atom stereocenters. The lowest BCUT2D eigenvalue weighted by Gasteiger charge is -2.52. The van der Waals surface area contributed by atoms with Gasteiger partial charge in [-0.2, -0.15) is 0 Å². The fourth-order valence-electron chi connectivity index (χ4n) is 14.8. The number of hydrogen-bond donors (Lipinski definition) is 1. The normalized spacial score (nSPS) is 47.1. The SMILES string of the molecule is CC1CCC(N(C2CCC(C)CC2)C2CCC(/C=C/C3CCC(C4CCC5CC(N(C6CCC(C)CC6)C6CCC(C)CC6)CCC5N4)CC3)CC2)CC1. The van der Waals surface area contributed by atoms with Gasteiger partial charge in [0.2, 0.25) is 0 Å². The number of hydrogen-bond acceptors (Lipinski definition) is 3. The number of allylic oxidation sites excluding steroid dienone is 2. The van der Waals surface area contributed by atoms with Crippen molar-refractivity contribution in [2.24, 2.45) is 47.3 Å². The van der Waals surface area contributed by atoms with Gasteiger partial charge < -0.3 is 5.32 Å². The molecule has 0 aromatic rings. The van der Waals surface area contributed by atoms with E-state index in [4.69, 9.17) is 0 Å². The second-order valence-corrected chi connectivity index (χ2v) is 22.4. The summed E-state index contributed by atoms with van der Waals surface area (Å²) in [6.45, 7) is 10.0. The van der Waals surface area contributed by atoms with Gasteiger partial charge in [0, 0.05) is 48.3 Å². The predicted octanol–water partition coefficient (Wildman–Crippen LogP) is 13.1. The quantitative estimate of drug-likeness (QED) is 0.237. The highest BCUT2D eigenvalue weighted by atomic mass is 15.2. The van der Waals surface area contributed by atoms with Crippen LogP contribution in [0.4, 0.5) is 0 Å². The fraction of sp³-hybridized carbons (Fsp3) is 0.961. The largest absolute Gasteiger partial charge is 0.311 e. The van der Waals surface area contributed by atoms with E-state index in [2.05, 4.69) is 55.0 Å². The third-order valence-corrected chi connectivity index (χ3v) is 18.5. The maximum absolute atomic E-state index is 4.38. The predicted molar refractivity (Wildman–Crippen MR) is 231 cm³/mol. The molecule has 8 aliphatic rings. The number of rotatable bonds is 9. The highest BCUT2D eigenvalue weighted by Crippen LogP contribution is 2.44. The Labute approximate surface area is 335 Å². The molecule has 4 atom stereocenters. The lowest BCUT2D eigenvalue weighted by molar-refractivity contribution is -0.0116. The number of nitrogens with one attached hydrogen (secondary N) is 1. The van der Waals surface area contributed by atoms with Gasteiger partial charge in [0.1, 0.15) is 0 Å². The lowest BCUT2D eigenvalue weighted by atomic mass is 9.70. The first-order valence-corrected chi connectivity index (χ1v) is 25.4. The van der Waals surface area contributed by atoms with Crippen LogP contribution in [-0.4, -0.2) is 58.1 Å². The van der Waals surface area contributed by atoms with Crippen LogP contribution in [0.5, 0.6) is 0 Å². The molecule has 0 aromatic heterocycles. The molecule has 3 heteroatoms. The molecule has 8 rings (SSSR count). The van der Waals surface area contributed by atoms with Crippen LogP contribution in [0.2, 0.25) is 0 Å². The van der Waals surface area contributed by atoms with E-state index in [9.17, 15) is 0 Å². The van der Waals surface area contributed by atoms with Gasteiger partial charge in [0.05, 0.1) is 0 Å². The van der Waals surface area contributed by atoms with Gasteiger partial charge in [0.25, 0.3) is 0 Å². The van der Waals surface area contributed by atoms with Crippen molar-refractivity contribution in [1.82, 2.24) is 15.1 Å². The molecule has 8 fully saturated rings. The summed E-state index contributed by atoms with van der Waals surface area (Å²) in [5, 5.41) is 4.38. The van der Waals surface area contributed by atoms with Crippen LogP contribution >= 0.6 is 0 Å². The summed E-state index contributed by atoms with van der Waals surface area (Å²) in [5.41, 5.74) is 0. The van der Waals surface area contributed by atoms with Gasteiger partial charge in [-0.1, -0.05) is 39.8 Å². The molecule has 1 N–H and O–H groups in total. The van der Waals surface area contributed by atoms with Crippen molar-refractivity contribution >= 4 is 0 Å². The standard InChI is InChI=1S/C51H89N3/c1-36-5-22-44(23-6-36)53(45-24-7-37(2)8-25-45)48-30-17-41(18-31-48)14-13-40-15-19-42(20-16-40)50-33-21-43-35-49(32-34-51(43)52-50)54(46-26-9-38(3)10-27-46)47-28-11-39(4)12-29-47/h13-14,36-52H,5-12,15-35H2,1-4H3/b14-13+. The smallest absolute Gasteiger partial charge is 0.0105 e. The number of piperidine rings is 1. The second kappa shape index (κ2) is 19.1. The van der Waals surface area contributed by atoms with Crippen molar-refractivity contribution in [3.05, 3.63) is 12.2 Å². The van der Waals surface area contributed by atoms with E-state index in [1.54, 1.807) is 0 Å². The van der Waals surface area contributed by atoms with Crippen molar-refractivity contribution in [3.8, 4) is 0 Å². The summed E-state index contributed by atoms with van der Waals surface area (Å²) in [4.78, 5) is 6.39. The third kappa shape index (κ3) is 10.1. The average molecular weight is 744 g/mol.